The third-order valence-electron chi connectivity index (χ3n) is 2.52. The zero-order chi connectivity index (χ0) is 11.1. The maximum absolute atomic E-state index is 11.4. The normalized spacial score (nSPS) is 21.9. The fraction of sp³-hybridized carbons (Fsp3) is 0.900. The van der Waals surface area contributed by atoms with Crippen LogP contribution in [0.1, 0.15) is 6.42 Å². The minimum Gasteiger partial charge on any atom is -0.383 e. The maximum atomic E-state index is 11.4. The molecule has 0 radical (unpaired) electrons. The van der Waals surface area contributed by atoms with E-state index in [-0.39, 0.29) is 5.91 Å². The van der Waals surface area contributed by atoms with Crippen molar-refractivity contribution in [2.45, 2.75) is 12.5 Å². The highest BCUT2D eigenvalue weighted by molar-refractivity contribution is 5.78. The summed E-state index contributed by atoms with van der Waals surface area (Å²) < 4.78 is 4.87. The van der Waals surface area contributed by atoms with Crippen LogP contribution in [-0.2, 0) is 9.53 Å². The van der Waals surface area contributed by atoms with Gasteiger partial charge in [-0.1, -0.05) is 0 Å². The fourth-order valence-corrected chi connectivity index (χ4v) is 1.71. The van der Waals surface area contributed by atoms with Gasteiger partial charge in [0, 0.05) is 26.2 Å². The van der Waals surface area contributed by atoms with Gasteiger partial charge in [0.25, 0.3) is 0 Å². The van der Waals surface area contributed by atoms with Crippen molar-refractivity contribution in [3.05, 3.63) is 0 Å². The molecular formula is C10H21N3O2. The molecule has 1 amide bonds. The van der Waals surface area contributed by atoms with Crippen LogP contribution in [0.3, 0.4) is 0 Å². The molecule has 1 aliphatic rings. The molecule has 1 unspecified atom stereocenters. The van der Waals surface area contributed by atoms with Crippen LogP contribution in [0.2, 0.25) is 0 Å². The summed E-state index contributed by atoms with van der Waals surface area (Å²) in [4.78, 5) is 13.7. The van der Waals surface area contributed by atoms with Crippen LogP contribution in [0, 0.1) is 0 Å². The predicted octanol–water partition coefficient (Wildman–Crippen LogP) is -0.957. The van der Waals surface area contributed by atoms with Gasteiger partial charge in [0.15, 0.2) is 0 Å². The van der Waals surface area contributed by atoms with Crippen molar-refractivity contribution in [1.82, 2.24) is 15.5 Å². The monoisotopic (exact) mass is 215 g/mol. The van der Waals surface area contributed by atoms with E-state index >= 15 is 0 Å². The summed E-state index contributed by atoms with van der Waals surface area (Å²) in [5.74, 6) is 0.0754. The lowest BCUT2D eigenvalue weighted by Crippen LogP contribution is -2.42. The minimum absolute atomic E-state index is 0.0754. The van der Waals surface area contributed by atoms with Crippen LogP contribution >= 0.6 is 0 Å². The lowest BCUT2D eigenvalue weighted by atomic mass is 10.2. The molecule has 5 heteroatoms. The largest absolute Gasteiger partial charge is 0.383 e. The second-order valence-electron chi connectivity index (χ2n) is 3.98. The van der Waals surface area contributed by atoms with Crippen molar-refractivity contribution < 1.29 is 9.53 Å². The van der Waals surface area contributed by atoms with Crippen molar-refractivity contribution in [3.8, 4) is 0 Å². The molecule has 0 spiro atoms. The van der Waals surface area contributed by atoms with Gasteiger partial charge in [-0.25, -0.2) is 0 Å². The van der Waals surface area contributed by atoms with Gasteiger partial charge in [-0.3, -0.25) is 4.79 Å². The van der Waals surface area contributed by atoms with E-state index in [1.807, 2.05) is 0 Å². The Bertz CT molecular complexity index is 199. The summed E-state index contributed by atoms with van der Waals surface area (Å²) in [6.45, 7) is 3.77. The molecule has 1 fully saturated rings. The van der Waals surface area contributed by atoms with Crippen molar-refractivity contribution in [1.29, 1.82) is 0 Å². The first-order valence-electron chi connectivity index (χ1n) is 5.40. The first-order valence-corrected chi connectivity index (χ1v) is 5.40. The van der Waals surface area contributed by atoms with Crippen molar-refractivity contribution in [2.24, 2.45) is 0 Å². The second kappa shape index (κ2) is 6.76. The Morgan fingerprint density at radius 3 is 3.00 bits per heavy atom. The van der Waals surface area contributed by atoms with E-state index < -0.39 is 0 Å². The first-order chi connectivity index (χ1) is 7.22. The molecule has 1 saturated heterocycles. The number of ether oxygens (including phenoxy) is 1. The quantitative estimate of drug-likeness (QED) is 0.561. The van der Waals surface area contributed by atoms with E-state index in [1.54, 1.807) is 7.11 Å². The van der Waals surface area contributed by atoms with Gasteiger partial charge in [0.2, 0.25) is 5.91 Å². The van der Waals surface area contributed by atoms with E-state index in [2.05, 4.69) is 22.6 Å². The van der Waals surface area contributed by atoms with Gasteiger partial charge in [-0.2, -0.15) is 0 Å². The number of nitrogens with zero attached hydrogens (tertiary/aromatic N) is 1. The average molecular weight is 215 g/mol. The van der Waals surface area contributed by atoms with Crippen LogP contribution < -0.4 is 10.6 Å². The zero-order valence-corrected chi connectivity index (χ0v) is 9.58. The summed E-state index contributed by atoms with van der Waals surface area (Å²) in [7, 11) is 3.72. The molecule has 1 rings (SSSR count). The number of rotatable bonds is 6. The number of hydrogen-bond acceptors (Lipinski definition) is 4. The Hall–Kier alpha value is -0.650. The predicted molar refractivity (Wildman–Crippen MR) is 58.8 cm³/mol. The fourth-order valence-electron chi connectivity index (χ4n) is 1.71. The highest BCUT2D eigenvalue weighted by Crippen LogP contribution is 2.05. The standard InChI is InChI=1S/C10H21N3O2/c1-13-5-3-9(8-13)12-10(14)7-11-4-6-15-2/h9,11H,3-8H2,1-2H3,(H,12,14). The van der Waals surface area contributed by atoms with Gasteiger partial charge in [-0.15, -0.1) is 0 Å². The highest BCUT2D eigenvalue weighted by Gasteiger charge is 2.20. The lowest BCUT2D eigenvalue weighted by Gasteiger charge is -2.13. The summed E-state index contributed by atoms with van der Waals surface area (Å²) in [6, 6.07) is 0.326. The van der Waals surface area contributed by atoms with Gasteiger partial charge < -0.3 is 20.3 Å². The number of amides is 1. The number of hydrogen-bond donors (Lipinski definition) is 2. The zero-order valence-electron chi connectivity index (χ0n) is 9.58. The smallest absolute Gasteiger partial charge is 0.234 e. The van der Waals surface area contributed by atoms with Gasteiger partial charge in [-0.05, 0) is 20.0 Å². The van der Waals surface area contributed by atoms with Crippen LogP contribution in [0.4, 0.5) is 0 Å². The van der Waals surface area contributed by atoms with E-state index in [0.717, 1.165) is 19.5 Å². The molecule has 0 aromatic heterocycles. The number of carbonyl (C=O) groups is 1. The Balaban J connectivity index is 2.03. The van der Waals surface area contributed by atoms with Gasteiger partial charge in [0.1, 0.15) is 0 Å². The summed E-state index contributed by atoms with van der Waals surface area (Å²) in [6.07, 6.45) is 1.06. The second-order valence-corrected chi connectivity index (χ2v) is 3.98. The maximum Gasteiger partial charge on any atom is 0.234 e. The van der Waals surface area contributed by atoms with Crippen LogP contribution in [0.5, 0.6) is 0 Å². The van der Waals surface area contributed by atoms with Crippen molar-refractivity contribution >= 4 is 5.91 Å². The molecule has 2 N–H and O–H groups in total. The average Bonchev–Trinajstić information content (AvgIpc) is 2.59. The molecular weight excluding hydrogens is 194 g/mol. The number of likely N-dealkylation sites (tertiary alicyclic amines) is 1. The van der Waals surface area contributed by atoms with E-state index in [4.69, 9.17) is 4.74 Å². The number of carbonyl (C=O) groups excluding carboxylic acids is 1. The van der Waals surface area contributed by atoms with Gasteiger partial charge in [0.05, 0.1) is 13.2 Å². The van der Waals surface area contributed by atoms with Crippen molar-refractivity contribution in [2.75, 3.05) is 46.9 Å². The highest BCUT2D eigenvalue weighted by atomic mass is 16.5. The SMILES string of the molecule is COCCNCC(=O)NC1CCN(C)C1. The molecule has 5 nitrogen and oxygen atoms in total. The molecule has 1 heterocycles. The molecule has 0 aromatic rings. The van der Waals surface area contributed by atoms with E-state index in [1.165, 1.54) is 0 Å². The summed E-state index contributed by atoms with van der Waals surface area (Å²) >= 11 is 0. The minimum atomic E-state index is 0.0754. The van der Waals surface area contributed by atoms with Crippen LogP contribution in [-0.4, -0.2) is 63.8 Å². The molecule has 0 saturated carbocycles. The van der Waals surface area contributed by atoms with Crippen molar-refractivity contribution in [3.63, 3.8) is 0 Å². The molecule has 1 aliphatic heterocycles. The molecule has 15 heavy (non-hydrogen) atoms. The topological polar surface area (TPSA) is 53.6 Å². The van der Waals surface area contributed by atoms with E-state index in [0.29, 0.717) is 25.7 Å². The van der Waals surface area contributed by atoms with Gasteiger partial charge >= 0.3 is 0 Å². The van der Waals surface area contributed by atoms with Crippen LogP contribution in [0.25, 0.3) is 0 Å². The number of methoxy groups -OCH3 is 1. The third kappa shape index (κ3) is 5.11. The van der Waals surface area contributed by atoms with E-state index in [9.17, 15) is 4.79 Å². The molecule has 0 bridgehead atoms. The number of likely N-dealkylation sites (N-methyl/N-ethyl adjacent to an activating group) is 1. The first kappa shape index (κ1) is 12.4. The van der Waals surface area contributed by atoms with Crippen LogP contribution in [0.15, 0.2) is 0 Å². The number of nitrogens with one attached hydrogen (secondary N) is 2. The third-order valence-corrected chi connectivity index (χ3v) is 2.52. The Kier molecular flexibility index (Phi) is 5.60. The molecule has 0 aliphatic carbocycles. The Morgan fingerprint density at radius 2 is 2.40 bits per heavy atom. The molecule has 0 aromatic carbocycles. The Labute approximate surface area is 91.2 Å². The molecule has 88 valence electrons. The Morgan fingerprint density at radius 1 is 1.60 bits per heavy atom. The summed E-state index contributed by atoms with van der Waals surface area (Å²) in [5, 5.41) is 6.02. The summed E-state index contributed by atoms with van der Waals surface area (Å²) in [5.41, 5.74) is 0. The lowest BCUT2D eigenvalue weighted by molar-refractivity contribution is -0.120. The molecule has 1 atom stereocenters.